The zero-order valence-electron chi connectivity index (χ0n) is 9.46. The summed E-state index contributed by atoms with van der Waals surface area (Å²) < 4.78 is 28.9. The van der Waals surface area contributed by atoms with Crippen LogP contribution in [0.15, 0.2) is 11.1 Å². The Hall–Kier alpha value is -0.960. The summed E-state index contributed by atoms with van der Waals surface area (Å²) in [6.45, 7) is 0.874. The van der Waals surface area contributed by atoms with Gasteiger partial charge in [0.05, 0.1) is 5.69 Å². The first kappa shape index (κ1) is 12.5. The molecule has 0 unspecified atom stereocenters. The molecule has 1 aliphatic rings. The number of hydrogen-bond donors (Lipinski definition) is 2. The molecule has 17 heavy (non-hydrogen) atoms. The molecule has 0 bridgehead atoms. The topological polar surface area (TPSA) is 107 Å². The number of nitrogens with zero attached hydrogens (tertiary/aromatic N) is 2. The number of ether oxygens (including phenoxy) is 1. The lowest BCUT2D eigenvalue weighted by Crippen LogP contribution is -2.35. The molecule has 0 amide bonds. The summed E-state index contributed by atoms with van der Waals surface area (Å²) in [7, 11) is -2.26. The van der Waals surface area contributed by atoms with Crippen LogP contribution in [0.4, 0.5) is 0 Å². The van der Waals surface area contributed by atoms with Crippen molar-refractivity contribution in [3.63, 3.8) is 0 Å². The second-order valence-electron chi connectivity index (χ2n) is 4.18. The van der Waals surface area contributed by atoms with Crippen molar-refractivity contribution in [3.8, 4) is 0 Å². The monoisotopic (exact) mass is 261 g/mol. The Labute approximate surface area is 99.2 Å². The van der Waals surface area contributed by atoms with E-state index < -0.39 is 15.6 Å². The van der Waals surface area contributed by atoms with E-state index in [0.29, 0.717) is 31.7 Å². The maximum Gasteiger partial charge on any atom is 0.257 e. The van der Waals surface area contributed by atoms with Crippen LogP contribution >= 0.6 is 0 Å². The van der Waals surface area contributed by atoms with E-state index in [-0.39, 0.29) is 5.03 Å². The molecule has 1 aromatic heterocycles. The van der Waals surface area contributed by atoms with Gasteiger partial charge in [-0.2, -0.15) is 5.10 Å². The number of sulfonamides is 1. The van der Waals surface area contributed by atoms with Crippen LogP contribution < -0.4 is 5.14 Å². The van der Waals surface area contributed by atoms with Crippen LogP contribution in [0.25, 0.3) is 0 Å². The molecule has 0 spiro atoms. The smallest absolute Gasteiger partial charge is 0.257 e. The molecular weight excluding hydrogens is 246 g/mol. The van der Waals surface area contributed by atoms with Crippen molar-refractivity contribution in [2.24, 2.45) is 12.2 Å². The third-order valence-corrected chi connectivity index (χ3v) is 3.73. The first-order chi connectivity index (χ1) is 7.83. The molecule has 1 aromatic rings. The Kier molecular flexibility index (Phi) is 2.98. The average molecular weight is 261 g/mol. The first-order valence-corrected chi connectivity index (χ1v) is 6.75. The Morgan fingerprint density at radius 1 is 1.53 bits per heavy atom. The van der Waals surface area contributed by atoms with Crippen LogP contribution in [0.1, 0.15) is 18.5 Å². The zero-order valence-corrected chi connectivity index (χ0v) is 10.3. The van der Waals surface area contributed by atoms with E-state index in [1.807, 2.05) is 0 Å². The summed E-state index contributed by atoms with van der Waals surface area (Å²) in [4.78, 5) is 0. The third-order valence-electron chi connectivity index (χ3n) is 2.95. The van der Waals surface area contributed by atoms with Crippen LogP contribution in [0.3, 0.4) is 0 Å². The van der Waals surface area contributed by atoms with Gasteiger partial charge in [0.15, 0.2) is 5.03 Å². The van der Waals surface area contributed by atoms with Crippen LogP contribution in [-0.4, -0.2) is 36.5 Å². The normalized spacial score (nSPS) is 20.4. The summed E-state index contributed by atoms with van der Waals surface area (Å²) in [6.07, 6.45) is 0.827. The van der Waals surface area contributed by atoms with E-state index in [0.717, 1.165) is 0 Å². The molecule has 1 fully saturated rings. The Balaban J connectivity index is 2.42. The van der Waals surface area contributed by atoms with Crippen LogP contribution in [0, 0.1) is 0 Å². The number of primary sulfonamides is 1. The Morgan fingerprint density at radius 3 is 2.59 bits per heavy atom. The molecule has 0 radical (unpaired) electrons. The molecule has 2 rings (SSSR count). The van der Waals surface area contributed by atoms with Gasteiger partial charge in [-0.1, -0.05) is 0 Å². The molecule has 0 saturated carbocycles. The predicted octanol–water partition coefficient (Wildman–Crippen LogP) is -0.934. The van der Waals surface area contributed by atoms with Crippen LogP contribution in [0.5, 0.6) is 0 Å². The molecule has 0 atom stereocenters. The van der Waals surface area contributed by atoms with Gasteiger partial charge in [-0.3, -0.25) is 4.68 Å². The van der Waals surface area contributed by atoms with Gasteiger partial charge in [-0.25, -0.2) is 13.6 Å². The fourth-order valence-corrected chi connectivity index (χ4v) is 2.49. The van der Waals surface area contributed by atoms with E-state index in [1.54, 1.807) is 7.05 Å². The van der Waals surface area contributed by atoms with Crippen molar-refractivity contribution in [2.75, 3.05) is 13.2 Å². The van der Waals surface area contributed by atoms with Crippen LogP contribution in [0.2, 0.25) is 0 Å². The number of aromatic nitrogens is 2. The molecule has 1 saturated heterocycles. The summed E-state index contributed by atoms with van der Waals surface area (Å²) >= 11 is 0. The highest BCUT2D eigenvalue weighted by molar-refractivity contribution is 7.89. The average Bonchev–Trinajstić information content (AvgIpc) is 2.61. The number of nitrogens with two attached hydrogens (primary N) is 1. The van der Waals surface area contributed by atoms with Crippen molar-refractivity contribution in [1.82, 2.24) is 9.78 Å². The maximum absolute atomic E-state index is 11.2. The van der Waals surface area contributed by atoms with Gasteiger partial charge in [0, 0.05) is 39.2 Å². The van der Waals surface area contributed by atoms with Gasteiger partial charge in [0.1, 0.15) is 5.60 Å². The Bertz CT molecular complexity index is 516. The molecule has 7 nitrogen and oxygen atoms in total. The minimum Gasteiger partial charge on any atom is -0.383 e. The number of hydrogen-bond acceptors (Lipinski definition) is 5. The lowest BCUT2D eigenvalue weighted by molar-refractivity contribution is -0.0725. The molecule has 8 heteroatoms. The summed E-state index contributed by atoms with van der Waals surface area (Å²) in [5.74, 6) is 0. The van der Waals surface area contributed by atoms with Crippen LogP contribution in [-0.2, 0) is 27.4 Å². The second-order valence-corrected chi connectivity index (χ2v) is 5.69. The van der Waals surface area contributed by atoms with Gasteiger partial charge >= 0.3 is 0 Å². The van der Waals surface area contributed by atoms with Crippen molar-refractivity contribution >= 4 is 10.0 Å². The summed E-state index contributed by atoms with van der Waals surface area (Å²) in [6, 6.07) is 1.32. The maximum atomic E-state index is 11.2. The number of rotatable bonds is 2. The van der Waals surface area contributed by atoms with E-state index >= 15 is 0 Å². The second kappa shape index (κ2) is 4.05. The predicted molar refractivity (Wildman–Crippen MR) is 58.5 cm³/mol. The molecule has 2 heterocycles. The summed E-state index contributed by atoms with van der Waals surface area (Å²) in [5, 5.41) is 19.0. The largest absolute Gasteiger partial charge is 0.383 e. The standard InChI is InChI=1S/C9H15N3O4S/c1-12-7(6-8(11-12)17(10,14)15)9(13)2-4-16-5-3-9/h6,13H,2-5H2,1H3,(H2,10,14,15). The fraction of sp³-hybridized carbons (Fsp3) is 0.667. The van der Waals surface area contributed by atoms with Gasteiger partial charge in [0.25, 0.3) is 10.0 Å². The van der Waals surface area contributed by atoms with Crippen molar-refractivity contribution in [1.29, 1.82) is 0 Å². The quantitative estimate of drug-likeness (QED) is 0.715. The number of aryl methyl sites for hydroxylation is 1. The molecular formula is C9H15N3O4S. The minimum atomic E-state index is -3.84. The highest BCUT2D eigenvalue weighted by atomic mass is 32.2. The van der Waals surface area contributed by atoms with Crippen molar-refractivity contribution in [2.45, 2.75) is 23.5 Å². The van der Waals surface area contributed by atoms with Crippen molar-refractivity contribution < 1.29 is 18.3 Å². The van der Waals surface area contributed by atoms with Crippen molar-refractivity contribution in [3.05, 3.63) is 11.8 Å². The lowest BCUT2D eigenvalue weighted by atomic mass is 9.91. The van der Waals surface area contributed by atoms with E-state index in [1.165, 1.54) is 10.7 Å². The molecule has 1 aliphatic heterocycles. The highest BCUT2D eigenvalue weighted by Gasteiger charge is 2.35. The minimum absolute atomic E-state index is 0.227. The van der Waals surface area contributed by atoms with E-state index in [2.05, 4.69) is 5.10 Å². The molecule has 0 aromatic carbocycles. The molecule has 0 aliphatic carbocycles. The SMILES string of the molecule is Cn1nc(S(N)(=O)=O)cc1C1(O)CCOCC1. The number of aliphatic hydroxyl groups is 1. The van der Waals surface area contributed by atoms with Gasteiger partial charge in [0.2, 0.25) is 0 Å². The Morgan fingerprint density at radius 2 is 2.12 bits per heavy atom. The van der Waals surface area contributed by atoms with Gasteiger partial charge in [-0.05, 0) is 0 Å². The van der Waals surface area contributed by atoms with E-state index in [4.69, 9.17) is 9.88 Å². The highest BCUT2D eigenvalue weighted by Crippen LogP contribution is 2.32. The van der Waals surface area contributed by atoms with E-state index in [9.17, 15) is 13.5 Å². The zero-order chi connectivity index (χ0) is 12.7. The lowest BCUT2D eigenvalue weighted by Gasteiger charge is -2.31. The third kappa shape index (κ3) is 2.34. The van der Waals surface area contributed by atoms with Gasteiger partial charge < -0.3 is 9.84 Å². The fourth-order valence-electron chi connectivity index (χ4n) is 1.98. The molecule has 96 valence electrons. The molecule has 3 N–H and O–H groups in total. The first-order valence-electron chi connectivity index (χ1n) is 5.20. The van der Waals surface area contributed by atoms with Gasteiger partial charge in [-0.15, -0.1) is 0 Å². The summed E-state index contributed by atoms with van der Waals surface area (Å²) in [5.41, 5.74) is -0.645.